The number of carbonyl (C=O) groups is 1. The number of ether oxygens (including phenoxy) is 1. The summed E-state index contributed by atoms with van der Waals surface area (Å²) in [4.78, 5) is 19.5. The Morgan fingerprint density at radius 3 is 2.83 bits per heavy atom. The molecule has 1 heterocycles. The number of halogens is 1. The number of rotatable bonds is 3. The summed E-state index contributed by atoms with van der Waals surface area (Å²) in [6.45, 7) is 0. The fourth-order valence-electron chi connectivity index (χ4n) is 1.65. The third-order valence-corrected chi connectivity index (χ3v) is 2.66. The average Bonchev–Trinajstić information content (AvgIpc) is 2.38. The number of carbonyl (C=O) groups excluding carboxylic acids is 1. The molecular weight excluding hydrogens is 252 g/mol. The van der Waals surface area contributed by atoms with Gasteiger partial charge in [-0.15, -0.1) is 0 Å². The van der Waals surface area contributed by atoms with E-state index in [9.17, 15) is 4.79 Å². The summed E-state index contributed by atoms with van der Waals surface area (Å²) in [5, 5.41) is 0.197. The summed E-state index contributed by atoms with van der Waals surface area (Å²) in [6, 6.07) is 9.01. The molecule has 0 bridgehead atoms. The van der Waals surface area contributed by atoms with Gasteiger partial charge in [-0.25, -0.2) is 14.8 Å². The molecule has 0 unspecified atom stereocenters. The van der Waals surface area contributed by atoms with E-state index in [0.717, 1.165) is 11.3 Å². The first-order valence-corrected chi connectivity index (χ1v) is 5.72. The largest absolute Gasteiger partial charge is 0.465 e. The smallest absolute Gasteiger partial charge is 0.338 e. The molecule has 4 nitrogen and oxygen atoms in total. The second-order valence-corrected chi connectivity index (χ2v) is 3.98. The molecular formula is C13H11ClN2O2. The Balaban J connectivity index is 2.32. The van der Waals surface area contributed by atoms with Gasteiger partial charge in [0.25, 0.3) is 0 Å². The standard InChI is InChI=1S/C13H11ClN2O2/c1-18-12(17)11-5-3-2-4-9(11)8-10-6-7-15-13(14)16-10/h2-7H,8H2,1H3. The maximum absolute atomic E-state index is 11.6. The summed E-state index contributed by atoms with van der Waals surface area (Å²) in [7, 11) is 1.36. The Bertz CT molecular complexity index is 572. The van der Waals surface area contributed by atoms with Crippen LogP contribution in [0.3, 0.4) is 0 Å². The first kappa shape index (κ1) is 12.5. The van der Waals surface area contributed by atoms with Crippen LogP contribution in [-0.4, -0.2) is 23.0 Å². The van der Waals surface area contributed by atoms with Gasteiger partial charge >= 0.3 is 5.97 Å². The normalized spacial score (nSPS) is 10.1. The maximum atomic E-state index is 11.6. The van der Waals surface area contributed by atoms with Crippen LogP contribution in [0.1, 0.15) is 21.6 Å². The highest BCUT2D eigenvalue weighted by molar-refractivity contribution is 6.28. The molecule has 92 valence electrons. The number of esters is 1. The maximum Gasteiger partial charge on any atom is 0.338 e. The lowest BCUT2D eigenvalue weighted by Gasteiger charge is -2.07. The van der Waals surface area contributed by atoms with E-state index in [-0.39, 0.29) is 11.3 Å². The zero-order valence-corrected chi connectivity index (χ0v) is 10.5. The number of aromatic nitrogens is 2. The average molecular weight is 263 g/mol. The predicted octanol–water partition coefficient (Wildman–Crippen LogP) is 2.51. The monoisotopic (exact) mass is 262 g/mol. The Morgan fingerprint density at radius 2 is 2.11 bits per heavy atom. The fourth-order valence-corrected chi connectivity index (χ4v) is 1.81. The summed E-state index contributed by atoms with van der Waals surface area (Å²) in [6.07, 6.45) is 2.10. The summed E-state index contributed by atoms with van der Waals surface area (Å²) >= 11 is 5.73. The van der Waals surface area contributed by atoms with Crippen molar-refractivity contribution in [2.24, 2.45) is 0 Å². The van der Waals surface area contributed by atoms with Gasteiger partial charge in [0.05, 0.1) is 12.7 Å². The van der Waals surface area contributed by atoms with Crippen LogP contribution in [0, 0.1) is 0 Å². The van der Waals surface area contributed by atoms with Crippen LogP contribution in [-0.2, 0) is 11.2 Å². The molecule has 1 aromatic heterocycles. The third-order valence-electron chi connectivity index (χ3n) is 2.48. The van der Waals surface area contributed by atoms with E-state index in [1.807, 2.05) is 12.1 Å². The lowest BCUT2D eigenvalue weighted by Crippen LogP contribution is -2.06. The molecule has 2 aromatic rings. The molecule has 2 rings (SSSR count). The van der Waals surface area contributed by atoms with Gasteiger partial charge in [-0.2, -0.15) is 0 Å². The number of hydrogen-bond donors (Lipinski definition) is 0. The first-order valence-electron chi connectivity index (χ1n) is 5.34. The minimum atomic E-state index is -0.356. The van der Waals surface area contributed by atoms with Crippen LogP contribution in [0.5, 0.6) is 0 Å². The molecule has 0 N–H and O–H groups in total. The molecule has 0 aliphatic carbocycles. The van der Waals surface area contributed by atoms with Crippen LogP contribution in [0.4, 0.5) is 0 Å². The van der Waals surface area contributed by atoms with Gasteiger partial charge < -0.3 is 4.74 Å². The number of nitrogens with zero attached hydrogens (tertiary/aromatic N) is 2. The molecule has 0 aliphatic rings. The van der Waals surface area contributed by atoms with Crippen LogP contribution in [0.15, 0.2) is 36.5 Å². The van der Waals surface area contributed by atoms with Gasteiger partial charge in [-0.05, 0) is 29.3 Å². The Morgan fingerprint density at radius 1 is 1.33 bits per heavy atom. The van der Waals surface area contributed by atoms with Crippen molar-refractivity contribution in [2.45, 2.75) is 6.42 Å². The molecule has 0 saturated heterocycles. The number of hydrogen-bond acceptors (Lipinski definition) is 4. The van der Waals surface area contributed by atoms with Crippen LogP contribution < -0.4 is 0 Å². The van der Waals surface area contributed by atoms with Crippen molar-refractivity contribution in [3.63, 3.8) is 0 Å². The Labute approximate surface area is 110 Å². The highest BCUT2D eigenvalue weighted by atomic mass is 35.5. The van der Waals surface area contributed by atoms with Gasteiger partial charge in [0.15, 0.2) is 0 Å². The van der Waals surface area contributed by atoms with Crippen molar-refractivity contribution in [1.29, 1.82) is 0 Å². The summed E-state index contributed by atoms with van der Waals surface area (Å²) in [5.41, 5.74) is 2.14. The second kappa shape index (κ2) is 5.60. The lowest BCUT2D eigenvalue weighted by molar-refractivity contribution is 0.0599. The SMILES string of the molecule is COC(=O)c1ccccc1Cc1ccnc(Cl)n1. The van der Waals surface area contributed by atoms with Crippen LogP contribution in [0.25, 0.3) is 0 Å². The highest BCUT2D eigenvalue weighted by Gasteiger charge is 2.11. The summed E-state index contributed by atoms with van der Waals surface area (Å²) in [5.74, 6) is -0.356. The van der Waals surface area contributed by atoms with E-state index in [1.165, 1.54) is 7.11 Å². The molecule has 0 aliphatic heterocycles. The second-order valence-electron chi connectivity index (χ2n) is 3.64. The van der Waals surface area contributed by atoms with E-state index >= 15 is 0 Å². The van der Waals surface area contributed by atoms with Crippen LogP contribution >= 0.6 is 11.6 Å². The van der Waals surface area contributed by atoms with Crippen LogP contribution in [0.2, 0.25) is 5.28 Å². The quantitative estimate of drug-likeness (QED) is 0.630. The fraction of sp³-hybridized carbons (Fsp3) is 0.154. The molecule has 0 saturated carbocycles. The van der Waals surface area contributed by atoms with Crippen molar-refractivity contribution < 1.29 is 9.53 Å². The van der Waals surface area contributed by atoms with E-state index in [2.05, 4.69) is 9.97 Å². The third kappa shape index (κ3) is 2.84. The van der Waals surface area contributed by atoms with Crippen molar-refractivity contribution in [2.75, 3.05) is 7.11 Å². The number of methoxy groups -OCH3 is 1. The molecule has 18 heavy (non-hydrogen) atoms. The minimum absolute atomic E-state index is 0.197. The van der Waals surface area contributed by atoms with Crippen molar-refractivity contribution >= 4 is 17.6 Å². The van der Waals surface area contributed by atoms with E-state index in [4.69, 9.17) is 16.3 Å². The van der Waals surface area contributed by atoms with E-state index in [0.29, 0.717) is 12.0 Å². The molecule has 0 amide bonds. The van der Waals surface area contributed by atoms with E-state index < -0.39 is 0 Å². The molecule has 1 aromatic carbocycles. The van der Waals surface area contributed by atoms with Crippen molar-refractivity contribution in [3.8, 4) is 0 Å². The zero-order valence-electron chi connectivity index (χ0n) is 9.76. The highest BCUT2D eigenvalue weighted by Crippen LogP contribution is 2.14. The van der Waals surface area contributed by atoms with Gasteiger partial charge in [0.1, 0.15) is 0 Å². The zero-order chi connectivity index (χ0) is 13.0. The Hall–Kier alpha value is -1.94. The van der Waals surface area contributed by atoms with Crippen molar-refractivity contribution in [3.05, 3.63) is 58.6 Å². The van der Waals surface area contributed by atoms with Gasteiger partial charge in [-0.3, -0.25) is 0 Å². The van der Waals surface area contributed by atoms with Gasteiger partial charge in [0.2, 0.25) is 5.28 Å². The van der Waals surface area contributed by atoms with Crippen molar-refractivity contribution in [1.82, 2.24) is 9.97 Å². The van der Waals surface area contributed by atoms with E-state index in [1.54, 1.807) is 24.4 Å². The number of benzene rings is 1. The first-order chi connectivity index (χ1) is 8.70. The molecule has 5 heteroatoms. The molecule has 0 radical (unpaired) electrons. The Kier molecular flexibility index (Phi) is 3.89. The minimum Gasteiger partial charge on any atom is -0.465 e. The molecule has 0 atom stereocenters. The van der Waals surface area contributed by atoms with Gasteiger partial charge in [-0.1, -0.05) is 18.2 Å². The molecule has 0 spiro atoms. The van der Waals surface area contributed by atoms with Gasteiger partial charge in [0, 0.05) is 18.3 Å². The lowest BCUT2D eigenvalue weighted by atomic mass is 10.0. The molecule has 0 fully saturated rings. The predicted molar refractivity (Wildman–Crippen MR) is 67.6 cm³/mol. The topological polar surface area (TPSA) is 52.1 Å². The summed E-state index contributed by atoms with van der Waals surface area (Å²) < 4.78 is 4.74.